The maximum absolute atomic E-state index is 11.1. The van der Waals surface area contributed by atoms with Gasteiger partial charge in [0.25, 0.3) is 0 Å². The van der Waals surface area contributed by atoms with Gasteiger partial charge in [-0.15, -0.1) is 0 Å². The molecule has 0 aromatic heterocycles. The van der Waals surface area contributed by atoms with Crippen molar-refractivity contribution < 1.29 is 9.53 Å². The topological polar surface area (TPSA) is 52.3 Å². The molecule has 0 fully saturated rings. The molecule has 0 heterocycles. The predicted molar refractivity (Wildman–Crippen MR) is 69.0 cm³/mol. The van der Waals surface area contributed by atoms with Crippen molar-refractivity contribution in [1.82, 2.24) is 0 Å². The SMILES string of the molecule is CCOC(=O)CCC(N)Cc1ccc(Cl)cc1. The largest absolute Gasteiger partial charge is 0.466 e. The molecule has 0 bridgehead atoms. The van der Waals surface area contributed by atoms with E-state index >= 15 is 0 Å². The fourth-order valence-corrected chi connectivity index (χ4v) is 1.69. The monoisotopic (exact) mass is 255 g/mol. The zero-order valence-corrected chi connectivity index (χ0v) is 10.7. The van der Waals surface area contributed by atoms with Gasteiger partial charge in [0.05, 0.1) is 6.61 Å². The molecule has 1 unspecified atom stereocenters. The molecule has 0 aliphatic carbocycles. The van der Waals surface area contributed by atoms with Gasteiger partial charge in [-0.3, -0.25) is 4.79 Å². The van der Waals surface area contributed by atoms with Gasteiger partial charge in [-0.25, -0.2) is 0 Å². The van der Waals surface area contributed by atoms with Crippen LogP contribution in [0.5, 0.6) is 0 Å². The van der Waals surface area contributed by atoms with Crippen LogP contribution in [0.1, 0.15) is 25.3 Å². The maximum atomic E-state index is 11.1. The molecule has 2 N–H and O–H groups in total. The van der Waals surface area contributed by atoms with E-state index in [1.807, 2.05) is 24.3 Å². The van der Waals surface area contributed by atoms with Crippen LogP contribution in [0.25, 0.3) is 0 Å². The van der Waals surface area contributed by atoms with E-state index in [0.29, 0.717) is 24.5 Å². The lowest BCUT2D eigenvalue weighted by Crippen LogP contribution is -2.24. The molecule has 0 aliphatic heterocycles. The molecule has 0 aliphatic rings. The minimum absolute atomic E-state index is 0.0272. The van der Waals surface area contributed by atoms with Crippen LogP contribution in [-0.2, 0) is 16.0 Å². The van der Waals surface area contributed by atoms with Gasteiger partial charge in [-0.2, -0.15) is 0 Å². The Morgan fingerprint density at radius 1 is 1.41 bits per heavy atom. The highest BCUT2D eigenvalue weighted by Crippen LogP contribution is 2.12. The molecular formula is C13H18ClNO2. The van der Waals surface area contributed by atoms with Crippen molar-refractivity contribution >= 4 is 17.6 Å². The molecule has 1 atom stereocenters. The summed E-state index contributed by atoms with van der Waals surface area (Å²) in [6.07, 6.45) is 1.76. The molecule has 1 aromatic rings. The number of benzene rings is 1. The van der Waals surface area contributed by atoms with Gasteiger partial charge in [0, 0.05) is 17.5 Å². The van der Waals surface area contributed by atoms with Crippen LogP contribution in [0.3, 0.4) is 0 Å². The van der Waals surface area contributed by atoms with Crippen LogP contribution in [0.4, 0.5) is 0 Å². The van der Waals surface area contributed by atoms with Crippen molar-refractivity contribution in [2.24, 2.45) is 5.73 Å². The zero-order chi connectivity index (χ0) is 12.7. The highest BCUT2D eigenvalue weighted by Gasteiger charge is 2.08. The summed E-state index contributed by atoms with van der Waals surface area (Å²) in [5, 5.41) is 0.717. The Labute approximate surface area is 107 Å². The first-order valence-corrected chi connectivity index (χ1v) is 6.15. The normalized spacial score (nSPS) is 12.2. The number of hydrogen-bond donors (Lipinski definition) is 1. The Bertz CT molecular complexity index is 351. The van der Waals surface area contributed by atoms with E-state index < -0.39 is 0 Å². The Balaban J connectivity index is 2.31. The standard InChI is InChI=1S/C13H18ClNO2/c1-2-17-13(16)8-7-12(15)9-10-3-5-11(14)6-4-10/h3-6,12H,2,7-9,15H2,1H3. The van der Waals surface area contributed by atoms with E-state index in [9.17, 15) is 4.79 Å². The lowest BCUT2D eigenvalue weighted by Gasteiger charge is -2.11. The fourth-order valence-electron chi connectivity index (χ4n) is 1.56. The Morgan fingerprint density at radius 2 is 2.06 bits per heavy atom. The van der Waals surface area contributed by atoms with Crippen LogP contribution in [0.15, 0.2) is 24.3 Å². The summed E-state index contributed by atoms with van der Waals surface area (Å²) < 4.78 is 4.85. The summed E-state index contributed by atoms with van der Waals surface area (Å²) in [6.45, 7) is 2.22. The second kappa shape index (κ2) is 7.30. The maximum Gasteiger partial charge on any atom is 0.305 e. The molecule has 4 heteroatoms. The fraction of sp³-hybridized carbons (Fsp3) is 0.462. The second-order valence-electron chi connectivity index (χ2n) is 3.93. The summed E-state index contributed by atoms with van der Waals surface area (Å²) in [6, 6.07) is 7.56. The molecule has 17 heavy (non-hydrogen) atoms. The van der Waals surface area contributed by atoms with Crippen molar-refractivity contribution in [2.45, 2.75) is 32.2 Å². The average molecular weight is 256 g/mol. The van der Waals surface area contributed by atoms with Gasteiger partial charge >= 0.3 is 5.97 Å². The number of carbonyl (C=O) groups excluding carboxylic acids is 1. The lowest BCUT2D eigenvalue weighted by molar-refractivity contribution is -0.143. The van der Waals surface area contributed by atoms with Crippen LogP contribution in [-0.4, -0.2) is 18.6 Å². The van der Waals surface area contributed by atoms with E-state index in [0.717, 1.165) is 12.0 Å². The first kappa shape index (κ1) is 14.0. The number of carbonyl (C=O) groups is 1. The Hall–Kier alpha value is -1.06. The number of esters is 1. The van der Waals surface area contributed by atoms with Gasteiger partial charge in [-0.1, -0.05) is 23.7 Å². The van der Waals surface area contributed by atoms with E-state index in [2.05, 4.69) is 0 Å². The van der Waals surface area contributed by atoms with Crippen LogP contribution in [0.2, 0.25) is 5.02 Å². The molecule has 1 rings (SSSR count). The smallest absolute Gasteiger partial charge is 0.305 e. The number of hydrogen-bond acceptors (Lipinski definition) is 3. The van der Waals surface area contributed by atoms with Crippen molar-refractivity contribution in [3.05, 3.63) is 34.9 Å². The Kier molecular flexibility index (Phi) is 6.01. The summed E-state index contributed by atoms with van der Waals surface area (Å²) in [5.74, 6) is -0.181. The molecular weight excluding hydrogens is 238 g/mol. The van der Waals surface area contributed by atoms with Gasteiger partial charge in [0.2, 0.25) is 0 Å². The molecule has 0 radical (unpaired) electrons. The van der Waals surface area contributed by atoms with Crippen molar-refractivity contribution in [1.29, 1.82) is 0 Å². The first-order valence-electron chi connectivity index (χ1n) is 5.77. The summed E-state index contributed by atoms with van der Waals surface area (Å²) >= 11 is 5.79. The van der Waals surface area contributed by atoms with Gasteiger partial charge in [0.1, 0.15) is 0 Å². The van der Waals surface area contributed by atoms with Crippen LogP contribution in [0, 0.1) is 0 Å². The summed E-state index contributed by atoms with van der Waals surface area (Å²) in [5.41, 5.74) is 7.08. The van der Waals surface area contributed by atoms with Crippen molar-refractivity contribution in [3.8, 4) is 0 Å². The molecule has 1 aromatic carbocycles. The molecule has 0 saturated carbocycles. The van der Waals surface area contributed by atoms with Gasteiger partial charge in [0.15, 0.2) is 0 Å². The van der Waals surface area contributed by atoms with Crippen molar-refractivity contribution in [2.75, 3.05) is 6.61 Å². The van der Waals surface area contributed by atoms with E-state index in [-0.39, 0.29) is 12.0 Å². The van der Waals surface area contributed by atoms with Crippen LogP contribution < -0.4 is 5.73 Å². The number of halogens is 1. The summed E-state index contributed by atoms with van der Waals surface area (Å²) in [4.78, 5) is 11.1. The number of ether oxygens (including phenoxy) is 1. The van der Waals surface area contributed by atoms with Crippen LogP contribution >= 0.6 is 11.6 Å². The Morgan fingerprint density at radius 3 is 2.65 bits per heavy atom. The van der Waals surface area contributed by atoms with Crippen molar-refractivity contribution in [3.63, 3.8) is 0 Å². The third-order valence-electron chi connectivity index (χ3n) is 2.44. The minimum atomic E-state index is -0.181. The van der Waals surface area contributed by atoms with E-state index in [1.54, 1.807) is 6.92 Å². The van der Waals surface area contributed by atoms with E-state index in [4.69, 9.17) is 22.1 Å². The van der Waals surface area contributed by atoms with Gasteiger partial charge in [-0.05, 0) is 37.5 Å². The zero-order valence-electron chi connectivity index (χ0n) is 9.99. The highest BCUT2D eigenvalue weighted by molar-refractivity contribution is 6.30. The molecule has 94 valence electrons. The molecule has 0 amide bonds. The molecule has 0 spiro atoms. The average Bonchev–Trinajstić information content (AvgIpc) is 2.30. The van der Waals surface area contributed by atoms with E-state index in [1.165, 1.54) is 0 Å². The number of rotatable bonds is 6. The third-order valence-corrected chi connectivity index (χ3v) is 2.69. The molecule has 3 nitrogen and oxygen atoms in total. The number of nitrogens with two attached hydrogens (primary N) is 1. The highest BCUT2D eigenvalue weighted by atomic mass is 35.5. The summed E-state index contributed by atoms with van der Waals surface area (Å²) in [7, 11) is 0. The third kappa shape index (κ3) is 5.71. The minimum Gasteiger partial charge on any atom is -0.466 e. The lowest BCUT2D eigenvalue weighted by atomic mass is 10.0. The predicted octanol–water partition coefficient (Wildman–Crippen LogP) is 2.55. The van der Waals surface area contributed by atoms with Gasteiger partial charge < -0.3 is 10.5 Å². The quantitative estimate of drug-likeness (QED) is 0.795. The first-order chi connectivity index (χ1) is 8.11. The molecule has 0 saturated heterocycles. The second-order valence-corrected chi connectivity index (χ2v) is 4.37.